The summed E-state index contributed by atoms with van der Waals surface area (Å²) >= 11 is 0. The average molecular weight is 435 g/mol. The summed E-state index contributed by atoms with van der Waals surface area (Å²) in [5, 5.41) is 0. The molecule has 5 heteroatoms. The molecular formula is C25H42O4Si. The van der Waals surface area contributed by atoms with Crippen LogP contribution in [0.3, 0.4) is 0 Å². The molecule has 0 saturated carbocycles. The number of carbonyl (C=O) groups excluding carboxylic acids is 1. The predicted molar refractivity (Wildman–Crippen MR) is 125 cm³/mol. The summed E-state index contributed by atoms with van der Waals surface area (Å²) < 4.78 is 19.0. The van der Waals surface area contributed by atoms with Gasteiger partial charge in [0.2, 0.25) is 0 Å². The van der Waals surface area contributed by atoms with Gasteiger partial charge in [0.15, 0.2) is 0 Å². The highest BCUT2D eigenvalue weighted by molar-refractivity contribution is 6.78. The molecule has 0 unspecified atom stereocenters. The first kappa shape index (κ1) is 25.1. The lowest BCUT2D eigenvalue weighted by molar-refractivity contribution is -0.174. The molecule has 170 valence electrons. The molecule has 0 radical (unpaired) electrons. The van der Waals surface area contributed by atoms with Crippen LogP contribution in [0.1, 0.15) is 73.8 Å². The van der Waals surface area contributed by atoms with Crippen LogP contribution in [0.15, 0.2) is 30.3 Å². The van der Waals surface area contributed by atoms with Gasteiger partial charge < -0.3 is 13.9 Å². The average Bonchev–Trinajstić information content (AvgIpc) is 2.70. The Hall–Kier alpha value is -1.17. The maximum atomic E-state index is 13.4. The van der Waals surface area contributed by atoms with Crippen molar-refractivity contribution in [2.75, 3.05) is 0 Å². The monoisotopic (exact) mass is 434 g/mol. The molecule has 4 nitrogen and oxygen atoms in total. The van der Waals surface area contributed by atoms with Crippen molar-refractivity contribution in [2.45, 2.75) is 110 Å². The van der Waals surface area contributed by atoms with Gasteiger partial charge in [-0.15, -0.1) is 0 Å². The normalized spacial score (nSPS) is 23.8. The van der Waals surface area contributed by atoms with Crippen molar-refractivity contribution >= 4 is 14.3 Å². The second kappa shape index (κ2) is 10.9. The minimum absolute atomic E-state index is 0.0998. The smallest absolute Gasteiger partial charge is 0.298 e. The first-order valence-corrected chi connectivity index (χ1v) is 13.8. The number of hydrogen-bond donors (Lipinski definition) is 0. The molecule has 0 aliphatic carbocycles. The highest BCUT2D eigenvalue weighted by atomic mass is 28.4. The first-order valence-electron chi connectivity index (χ1n) is 11.6. The minimum atomic E-state index is -2.27. The Bertz CT molecular complexity index is 637. The Balaban J connectivity index is 2.14. The lowest BCUT2D eigenvalue weighted by atomic mass is 9.92. The molecule has 1 aromatic rings. The summed E-state index contributed by atoms with van der Waals surface area (Å²) in [5.41, 5.74) is 2.23. The van der Waals surface area contributed by atoms with E-state index in [4.69, 9.17) is 13.9 Å². The largest absolute Gasteiger partial charge is 0.518 e. The van der Waals surface area contributed by atoms with Crippen molar-refractivity contribution in [1.29, 1.82) is 0 Å². The third kappa shape index (κ3) is 5.74. The maximum absolute atomic E-state index is 13.4. The van der Waals surface area contributed by atoms with E-state index in [-0.39, 0.29) is 30.2 Å². The van der Waals surface area contributed by atoms with Crippen LogP contribution in [0.4, 0.5) is 0 Å². The third-order valence-corrected chi connectivity index (χ3v) is 12.7. The van der Waals surface area contributed by atoms with Crippen LogP contribution in [0.2, 0.25) is 16.6 Å². The standard InChI is InChI=1S/C25H42O4Si/c1-17(2)30(18(3)4,19(5)6)29-25(26)21(8)24-23(15-14-20(7)28-24)27-16-22-12-10-9-11-13-22/h9-13,17-21,23-24H,14-16H2,1-8H3/t20-,21+,23-,24+/m0/s1. The van der Waals surface area contributed by atoms with Crippen molar-refractivity contribution in [1.82, 2.24) is 0 Å². The van der Waals surface area contributed by atoms with Gasteiger partial charge in [0.25, 0.3) is 14.3 Å². The Morgan fingerprint density at radius 3 is 2.10 bits per heavy atom. The second-order valence-electron chi connectivity index (χ2n) is 9.85. The number of ether oxygens (including phenoxy) is 2. The van der Waals surface area contributed by atoms with Gasteiger partial charge >= 0.3 is 0 Å². The lowest BCUT2D eigenvalue weighted by Crippen LogP contribution is -2.53. The van der Waals surface area contributed by atoms with Crippen LogP contribution in [0.5, 0.6) is 0 Å². The fourth-order valence-electron chi connectivity index (χ4n) is 5.14. The van der Waals surface area contributed by atoms with E-state index in [0.29, 0.717) is 23.2 Å². The fourth-order valence-corrected chi connectivity index (χ4v) is 10.4. The van der Waals surface area contributed by atoms with E-state index >= 15 is 0 Å². The third-order valence-electron chi connectivity index (χ3n) is 6.77. The zero-order valence-corrected chi connectivity index (χ0v) is 21.2. The van der Waals surface area contributed by atoms with E-state index in [1.54, 1.807) is 0 Å². The topological polar surface area (TPSA) is 44.8 Å². The molecule has 0 bridgehead atoms. The van der Waals surface area contributed by atoms with Crippen LogP contribution >= 0.6 is 0 Å². The summed E-state index contributed by atoms with van der Waals surface area (Å²) in [5.74, 6) is -0.471. The molecule has 0 aromatic heterocycles. The van der Waals surface area contributed by atoms with Crippen molar-refractivity contribution in [3.05, 3.63) is 35.9 Å². The molecule has 30 heavy (non-hydrogen) atoms. The SMILES string of the molecule is CC(C)[Si](OC(=O)[C@H](C)[C@H]1O[C@@H](C)CC[C@@H]1OCc1ccccc1)(C(C)C)C(C)C. The second-order valence-corrected chi connectivity index (χ2v) is 15.2. The van der Waals surface area contributed by atoms with Crippen LogP contribution in [-0.4, -0.2) is 32.6 Å². The number of hydrogen-bond acceptors (Lipinski definition) is 4. The van der Waals surface area contributed by atoms with Gasteiger partial charge in [0.05, 0.1) is 30.8 Å². The molecular weight excluding hydrogens is 392 g/mol. The van der Waals surface area contributed by atoms with E-state index < -0.39 is 8.32 Å². The molecule has 1 saturated heterocycles. The van der Waals surface area contributed by atoms with E-state index in [9.17, 15) is 4.79 Å². The maximum Gasteiger partial charge on any atom is 0.298 e. The van der Waals surface area contributed by atoms with E-state index in [1.165, 1.54) is 0 Å². The molecule has 4 atom stereocenters. The molecule has 1 aliphatic heterocycles. The molecule has 0 N–H and O–H groups in total. The summed E-state index contributed by atoms with van der Waals surface area (Å²) in [6.07, 6.45) is 1.60. The minimum Gasteiger partial charge on any atom is -0.518 e. The molecule has 1 heterocycles. The Labute approximate surface area is 184 Å². The van der Waals surface area contributed by atoms with Gasteiger partial charge in [-0.3, -0.25) is 4.79 Å². The highest BCUT2D eigenvalue weighted by Crippen LogP contribution is 2.43. The van der Waals surface area contributed by atoms with Gasteiger partial charge in [0, 0.05) is 0 Å². The number of benzene rings is 1. The fraction of sp³-hybridized carbons (Fsp3) is 0.720. The Morgan fingerprint density at radius 2 is 1.57 bits per heavy atom. The highest BCUT2D eigenvalue weighted by Gasteiger charge is 2.50. The van der Waals surface area contributed by atoms with Crippen LogP contribution in [-0.2, 0) is 25.3 Å². The van der Waals surface area contributed by atoms with E-state index in [2.05, 4.69) is 60.6 Å². The zero-order chi connectivity index (χ0) is 22.5. The van der Waals surface area contributed by atoms with E-state index in [1.807, 2.05) is 25.1 Å². The Kier molecular flexibility index (Phi) is 9.13. The quantitative estimate of drug-likeness (QED) is 0.416. The van der Waals surface area contributed by atoms with Crippen LogP contribution in [0, 0.1) is 5.92 Å². The summed E-state index contributed by atoms with van der Waals surface area (Å²) in [6.45, 7) is 17.8. The van der Waals surface area contributed by atoms with Crippen molar-refractivity contribution in [3.8, 4) is 0 Å². The van der Waals surface area contributed by atoms with Crippen LogP contribution < -0.4 is 0 Å². The van der Waals surface area contributed by atoms with Gasteiger partial charge in [-0.05, 0) is 48.9 Å². The van der Waals surface area contributed by atoms with Gasteiger partial charge in [-0.1, -0.05) is 71.9 Å². The zero-order valence-electron chi connectivity index (χ0n) is 20.2. The Morgan fingerprint density at radius 1 is 1.00 bits per heavy atom. The predicted octanol–water partition coefficient (Wildman–Crippen LogP) is 6.49. The van der Waals surface area contributed by atoms with Crippen LogP contribution in [0.25, 0.3) is 0 Å². The molecule has 1 aliphatic rings. The number of rotatable bonds is 9. The van der Waals surface area contributed by atoms with Gasteiger partial charge in [-0.2, -0.15) is 0 Å². The lowest BCUT2D eigenvalue weighted by Gasteiger charge is -2.43. The molecule has 1 fully saturated rings. The number of carbonyl (C=O) groups is 1. The molecule has 0 spiro atoms. The van der Waals surface area contributed by atoms with Crippen molar-refractivity contribution in [3.63, 3.8) is 0 Å². The van der Waals surface area contributed by atoms with Gasteiger partial charge in [-0.25, -0.2) is 0 Å². The summed E-state index contributed by atoms with van der Waals surface area (Å²) in [7, 11) is -2.27. The van der Waals surface area contributed by atoms with E-state index in [0.717, 1.165) is 18.4 Å². The van der Waals surface area contributed by atoms with Gasteiger partial charge in [0.1, 0.15) is 0 Å². The molecule has 0 amide bonds. The summed E-state index contributed by atoms with van der Waals surface area (Å²) in [4.78, 5) is 13.4. The summed E-state index contributed by atoms with van der Waals surface area (Å²) in [6, 6.07) is 10.2. The van der Waals surface area contributed by atoms with Crippen molar-refractivity contribution < 1.29 is 18.7 Å². The molecule has 2 rings (SSSR count). The van der Waals surface area contributed by atoms with Crippen molar-refractivity contribution in [2.24, 2.45) is 5.92 Å². The first-order chi connectivity index (χ1) is 14.1. The molecule has 1 aromatic carbocycles.